The minimum atomic E-state index is -1.75. The summed E-state index contributed by atoms with van der Waals surface area (Å²) in [5.74, 6) is 0. The quantitative estimate of drug-likeness (QED) is 0.126. The normalized spacial score (nSPS) is 15.7. The van der Waals surface area contributed by atoms with Gasteiger partial charge in [0.15, 0.2) is 0 Å². The second-order valence-corrected chi connectivity index (χ2v) is 7.02. The third-order valence-corrected chi connectivity index (χ3v) is 3.72. The third kappa shape index (κ3) is 136. The van der Waals surface area contributed by atoms with Gasteiger partial charge in [0.25, 0.3) is 0 Å². The fourth-order valence-electron chi connectivity index (χ4n) is 2.20. The maximum absolute atomic E-state index is 8.25. The Labute approximate surface area is 316 Å². The Morgan fingerprint density at radius 2 is 0.269 bits per heavy atom. The molecule has 0 amide bonds. The molecule has 2 aliphatic heterocycles. The summed E-state index contributed by atoms with van der Waals surface area (Å²) in [6, 6.07) is 0. The standard InChI is InChI=1S/2C10H20O5.2Co.4NO3.4H2O/c2*1-2-12-5-6-14-9-10-15-8-7-13-4-3-11-1;;;4*2-1(3)4;;;;/h2*1-10H2;;;;;;;4*1H2/q;;2*+2;4*-1;;;;/p+4. The Kier molecular flexibility index (Phi) is 100. The minimum absolute atomic E-state index is 0. The van der Waals surface area contributed by atoms with Crippen molar-refractivity contribution in [1.82, 2.24) is 0 Å². The van der Waals surface area contributed by atoms with E-state index in [-0.39, 0.29) is 55.5 Å². The van der Waals surface area contributed by atoms with Crippen LogP contribution in [0.4, 0.5) is 0 Å². The van der Waals surface area contributed by atoms with Gasteiger partial charge in [-0.1, -0.05) is 0 Å². The Balaban J connectivity index is -0.0000000557. The summed E-state index contributed by atoms with van der Waals surface area (Å²) in [6.45, 7) is 12.2. The SMILES string of the molecule is C1COCCOCCOCCOCCO1.C1COCCOCCOCCOCCO1.O=[N+]([O-])[O-].O=[N+]([O-])[O-].O=[N+]([O-])[O-].O=[N+]([O-])[O-].[Co+2].[Co+2].[OH3+].[OH3+].[OH3+].[OH3+]. The van der Waals surface area contributed by atoms with Crippen LogP contribution in [-0.4, -0.2) is 152 Å². The van der Waals surface area contributed by atoms with Gasteiger partial charge in [0, 0.05) is 0 Å². The van der Waals surface area contributed by atoms with Crippen molar-refractivity contribution in [2.45, 2.75) is 0 Å². The smallest absolute Gasteiger partial charge is 0.457 e. The van der Waals surface area contributed by atoms with Gasteiger partial charge in [0.1, 0.15) is 0 Å². The van der Waals surface area contributed by atoms with Crippen molar-refractivity contribution < 1.29 is 123 Å². The number of hydrogen-bond donors (Lipinski definition) is 0. The molecule has 0 saturated carbocycles. The van der Waals surface area contributed by atoms with Crippen molar-refractivity contribution >= 4 is 0 Å². The Bertz CT molecular complexity index is 472. The van der Waals surface area contributed by atoms with Crippen molar-refractivity contribution in [3.8, 4) is 0 Å². The molecule has 0 atom stereocenters. The van der Waals surface area contributed by atoms with Gasteiger partial charge >= 0.3 is 33.6 Å². The van der Waals surface area contributed by atoms with E-state index in [0.717, 1.165) is 0 Å². The van der Waals surface area contributed by atoms with Gasteiger partial charge in [-0.15, -0.1) is 0 Å². The summed E-state index contributed by atoms with van der Waals surface area (Å²) >= 11 is 0. The van der Waals surface area contributed by atoms with E-state index < -0.39 is 20.3 Å². The molecule has 2 radical (unpaired) electrons. The zero-order valence-corrected chi connectivity index (χ0v) is 30.0. The Hall–Kier alpha value is -2.75. The average molecular weight is 883 g/mol. The van der Waals surface area contributed by atoms with Crippen LogP contribution in [0.1, 0.15) is 0 Å². The molecular weight excluding hydrogens is 830 g/mol. The van der Waals surface area contributed by atoms with Gasteiger partial charge in [-0.2, -0.15) is 0 Å². The number of rotatable bonds is 0. The first-order chi connectivity index (χ1) is 21.9. The molecule has 0 aliphatic carbocycles. The third-order valence-electron chi connectivity index (χ3n) is 3.72. The molecule has 2 aliphatic rings. The van der Waals surface area contributed by atoms with Gasteiger partial charge < -0.3 is 131 Å². The molecule has 32 heteroatoms. The molecule has 0 aromatic rings. The van der Waals surface area contributed by atoms with Gasteiger partial charge in [-0.25, -0.2) is 0 Å². The summed E-state index contributed by atoms with van der Waals surface area (Å²) in [7, 11) is 0. The first-order valence-corrected chi connectivity index (χ1v) is 13.0. The largest absolute Gasteiger partial charge is 2.00 e. The van der Waals surface area contributed by atoms with E-state index in [4.69, 9.17) is 109 Å². The van der Waals surface area contributed by atoms with E-state index in [2.05, 4.69) is 0 Å². The summed E-state index contributed by atoms with van der Waals surface area (Å²) < 4.78 is 52.8. The van der Waals surface area contributed by atoms with Crippen LogP contribution in [0.25, 0.3) is 0 Å². The molecule has 322 valence electrons. The van der Waals surface area contributed by atoms with Crippen molar-refractivity contribution in [3.63, 3.8) is 0 Å². The topological polar surface area (TPSA) is 489 Å². The van der Waals surface area contributed by atoms with E-state index in [9.17, 15) is 0 Å². The van der Waals surface area contributed by atoms with Crippen LogP contribution in [0.5, 0.6) is 0 Å². The number of hydrogen-bond acceptors (Lipinski definition) is 22. The zero-order chi connectivity index (χ0) is 35.5. The van der Waals surface area contributed by atoms with Crippen molar-refractivity contribution in [1.29, 1.82) is 0 Å². The maximum atomic E-state index is 8.25. The van der Waals surface area contributed by atoms with Crippen LogP contribution in [0.2, 0.25) is 0 Å². The van der Waals surface area contributed by atoms with Crippen LogP contribution in [0, 0.1) is 61.3 Å². The number of ether oxygens (including phenoxy) is 10. The molecule has 12 N–H and O–H groups in total. The summed E-state index contributed by atoms with van der Waals surface area (Å²) in [5, 5.41) is 59.0. The van der Waals surface area contributed by atoms with E-state index >= 15 is 0 Å². The Morgan fingerprint density at radius 3 is 0.308 bits per heavy atom. The first-order valence-electron chi connectivity index (χ1n) is 13.0. The molecule has 2 heterocycles. The van der Waals surface area contributed by atoms with E-state index in [1.165, 1.54) is 0 Å². The molecule has 0 aromatic heterocycles. The Morgan fingerprint density at radius 1 is 0.231 bits per heavy atom. The second-order valence-electron chi connectivity index (χ2n) is 7.02. The van der Waals surface area contributed by atoms with Crippen molar-refractivity contribution in [3.05, 3.63) is 61.3 Å². The molecule has 0 unspecified atom stereocenters. The van der Waals surface area contributed by atoms with Crippen molar-refractivity contribution in [2.24, 2.45) is 0 Å². The molecule has 2 saturated heterocycles. The first kappa shape index (κ1) is 74.4. The summed E-state index contributed by atoms with van der Waals surface area (Å²) in [5.41, 5.74) is 0. The predicted octanol–water partition coefficient (Wildman–Crippen LogP) is -4.48. The minimum Gasteiger partial charge on any atom is -0.457 e. The molecule has 0 aromatic carbocycles. The van der Waals surface area contributed by atoms with Crippen LogP contribution >= 0.6 is 0 Å². The monoisotopic (exact) mass is 882 g/mol. The molecule has 0 bridgehead atoms. The van der Waals surface area contributed by atoms with Gasteiger partial charge in [0.05, 0.1) is 152 Å². The van der Waals surface area contributed by atoms with Crippen LogP contribution in [0.3, 0.4) is 0 Å². The van der Waals surface area contributed by atoms with Gasteiger partial charge in [0.2, 0.25) is 0 Å². The van der Waals surface area contributed by atoms with Crippen LogP contribution < -0.4 is 0 Å². The zero-order valence-electron chi connectivity index (χ0n) is 27.9. The molecule has 0 spiro atoms. The fourth-order valence-corrected chi connectivity index (χ4v) is 2.20. The van der Waals surface area contributed by atoms with Gasteiger partial charge in [-0.05, 0) is 0 Å². The van der Waals surface area contributed by atoms with Crippen molar-refractivity contribution in [2.75, 3.05) is 132 Å². The fraction of sp³-hybridized carbons (Fsp3) is 1.00. The average Bonchev–Trinajstić information content (AvgIpc) is 2.96. The molecule has 30 nitrogen and oxygen atoms in total. The van der Waals surface area contributed by atoms with E-state index in [1.54, 1.807) is 0 Å². The van der Waals surface area contributed by atoms with E-state index in [1.807, 2.05) is 0 Å². The second kappa shape index (κ2) is 69.9. The van der Waals surface area contributed by atoms with Crippen LogP contribution in [-0.2, 0) is 103 Å². The number of nitrogens with zero attached hydrogens (tertiary/aromatic N) is 4. The van der Waals surface area contributed by atoms with E-state index in [0.29, 0.717) is 132 Å². The van der Waals surface area contributed by atoms with Gasteiger partial charge in [-0.3, -0.25) is 0 Å². The predicted molar refractivity (Wildman–Crippen MR) is 169 cm³/mol. The molecular formula is C20H52Co2N4O26+4. The molecule has 2 fully saturated rings. The maximum Gasteiger partial charge on any atom is 2.00 e. The summed E-state index contributed by atoms with van der Waals surface area (Å²) in [6.07, 6.45) is 0. The molecule has 52 heavy (non-hydrogen) atoms. The summed E-state index contributed by atoms with van der Waals surface area (Å²) in [4.78, 5) is 33.0. The molecule has 2 rings (SSSR count). The van der Waals surface area contributed by atoms with Crippen LogP contribution in [0.15, 0.2) is 0 Å².